The summed E-state index contributed by atoms with van der Waals surface area (Å²) in [6.07, 6.45) is 0.425. The Labute approximate surface area is 185 Å². The number of hydrogen-bond donors (Lipinski definition) is 1. The van der Waals surface area contributed by atoms with Gasteiger partial charge in [0, 0.05) is 34.7 Å². The van der Waals surface area contributed by atoms with E-state index in [1.807, 2.05) is 51.1 Å². The van der Waals surface area contributed by atoms with Gasteiger partial charge in [-0.1, -0.05) is 6.07 Å². The number of aryl methyl sites for hydroxylation is 3. The largest absolute Gasteiger partial charge is 0.497 e. The van der Waals surface area contributed by atoms with Crippen LogP contribution in [0.3, 0.4) is 0 Å². The molecule has 0 spiro atoms. The Bertz CT molecular complexity index is 1350. The maximum absolute atomic E-state index is 12.6. The van der Waals surface area contributed by atoms with E-state index in [9.17, 15) is 9.59 Å². The first-order valence-corrected chi connectivity index (χ1v) is 10.3. The van der Waals surface area contributed by atoms with Gasteiger partial charge in [-0.25, -0.2) is 9.78 Å². The Balaban J connectivity index is 1.48. The van der Waals surface area contributed by atoms with Crippen LogP contribution in [0.1, 0.15) is 29.0 Å². The molecule has 2 heterocycles. The maximum atomic E-state index is 12.6. The Morgan fingerprint density at radius 2 is 1.91 bits per heavy atom. The number of nitrogens with zero attached hydrogens (tertiary/aromatic N) is 1. The van der Waals surface area contributed by atoms with Gasteiger partial charge in [-0.2, -0.15) is 0 Å². The van der Waals surface area contributed by atoms with Gasteiger partial charge in [-0.3, -0.25) is 4.79 Å². The highest BCUT2D eigenvalue weighted by Gasteiger charge is 2.14. The summed E-state index contributed by atoms with van der Waals surface area (Å²) in [5.41, 5.74) is 3.58. The molecule has 0 aliphatic heterocycles. The van der Waals surface area contributed by atoms with Crippen LogP contribution in [0.5, 0.6) is 5.75 Å². The van der Waals surface area contributed by atoms with E-state index in [4.69, 9.17) is 13.6 Å². The molecule has 7 heteroatoms. The van der Waals surface area contributed by atoms with Crippen molar-refractivity contribution in [3.8, 4) is 17.2 Å². The summed E-state index contributed by atoms with van der Waals surface area (Å²) in [7, 11) is 1.56. The van der Waals surface area contributed by atoms with Gasteiger partial charge in [0.1, 0.15) is 17.1 Å². The summed E-state index contributed by atoms with van der Waals surface area (Å²) in [5, 5.41) is 3.70. The van der Waals surface area contributed by atoms with Crippen molar-refractivity contribution < 1.29 is 18.4 Å². The first kappa shape index (κ1) is 21.4. The molecule has 2 aromatic heterocycles. The number of hydrogen-bond acceptors (Lipinski definition) is 6. The molecule has 0 radical (unpaired) electrons. The van der Waals surface area contributed by atoms with E-state index in [0.29, 0.717) is 28.5 Å². The third kappa shape index (κ3) is 4.27. The van der Waals surface area contributed by atoms with E-state index in [2.05, 4.69) is 10.3 Å². The molecule has 0 bridgehead atoms. The Morgan fingerprint density at radius 3 is 2.62 bits per heavy atom. The fourth-order valence-electron chi connectivity index (χ4n) is 3.58. The van der Waals surface area contributed by atoms with Gasteiger partial charge in [0.05, 0.1) is 12.8 Å². The van der Waals surface area contributed by atoms with Crippen LogP contribution in [0.2, 0.25) is 0 Å². The van der Waals surface area contributed by atoms with Crippen molar-refractivity contribution in [3.05, 3.63) is 75.5 Å². The minimum absolute atomic E-state index is 0.148. The van der Waals surface area contributed by atoms with Gasteiger partial charge in [0.25, 0.3) is 0 Å². The molecular weight excluding hydrogens is 408 g/mol. The van der Waals surface area contributed by atoms with Crippen molar-refractivity contribution >= 4 is 22.6 Å². The molecule has 0 atom stereocenters. The number of amides is 1. The Hall–Kier alpha value is -3.87. The molecule has 0 aliphatic rings. The van der Waals surface area contributed by atoms with Crippen molar-refractivity contribution in [2.75, 3.05) is 12.4 Å². The van der Waals surface area contributed by atoms with E-state index < -0.39 is 5.63 Å². The van der Waals surface area contributed by atoms with Crippen LogP contribution in [0, 0.1) is 20.8 Å². The number of nitrogens with one attached hydrogen (secondary N) is 1. The number of oxazole rings is 1. The highest BCUT2D eigenvalue weighted by molar-refractivity contribution is 5.91. The number of aromatic nitrogens is 1. The van der Waals surface area contributed by atoms with Crippen LogP contribution < -0.4 is 15.7 Å². The quantitative estimate of drug-likeness (QED) is 0.433. The molecule has 32 heavy (non-hydrogen) atoms. The normalized spacial score (nSPS) is 11.0. The summed E-state index contributed by atoms with van der Waals surface area (Å²) in [4.78, 5) is 29.5. The van der Waals surface area contributed by atoms with Crippen LogP contribution in [0.4, 0.5) is 5.69 Å². The van der Waals surface area contributed by atoms with Gasteiger partial charge in [0.2, 0.25) is 11.8 Å². The molecule has 2 aromatic carbocycles. The van der Waals surface area contributed by atoms with Crippen molar-refractivity contribution in [3.63, 3.8) is 0 Å². The van der Waals surface area contributed by atoms with Crippen molar-refractivity contribution in [2.24, 2.45) is 0 Å². The number of carbonyl (C=O) groups excluding carboxylic acids is 1. The zero-order chi connectivity index (χ0) is 22.8. The predicted octanol–water partition coefficient (Wildman–Crippen LogP) is 4.95. The van der Waals surface area contributed by atoms with E-state index in [1.165, 1.54) is 0 Å². The second-order valence-corrected chi connectivity index (χ2v) is 7.64. The number of fused-ring (bicyclic) bond motifs is 1. The van der Waals surface area contributed by atoms with Crippen LogP contribution in [-0.4, -0.2) is 18.0 Å². The molecule has 164 valence electrons. The zero-order valence-corrected chi connectivity index (χ0v) is 18.4. The summed E-state index contributed by atoms with van der Waals surface area (Å²) >= 11 is 0. The van der Waals surface area contributed by atoms with E-state index in [-0.39, 0.29) is 18.7 Å². The zero-order valence-electron chi connectivity index (χ0n) is 18.4. The summed E-state index contributed by atoms with van der Waals surface area (Å²) < 4.78 is 16.3. The first-order valence-electron chi connectivity index (χ1n) is 10.3. The number of ether oxygens (including phenoxy) is 1. The molecule has 0 saturated carbocycles. The van der Waals surface area contributed by atoms with E-state index in [1.54, 1.807) is 19.2 Å². The molecular formula is C25H24N2O5. The number of benzene rings is 2. The second-order valence-electron chi connectivity index (χ2n) is 7.64. The molecule has 4 aromatic rings. The molecule has 0 saturated heterocycles. The van der Waals surface area contributed by atoms with Crippen LogP contribution >= 0.6 is 0 Å². The lowest BCUT2D eigenvalue weighted by Crippen LogP contribution is -2.16. The van der Waals surface area contributed by atoms with Gasteiger partial charge in [-0.05, 0) is 63.1 Å². The van der Waals surface area contributed by atoms with Gasteiger partial charge in [0.15, 0.2) is 0 Å². The number of anilines is 1. The van der Waals surface area contributed by atoms with E-state index in [0.717, 1.165) is 28.0 Å². The van der Waals surface area contributed by atoms with Gasteiger partial charge >= 0.3 is 5.63 Å². The van der Waals surface area contributed by atoms with Crippen molar-refractivity contribution in [2.45, 2.75) is 33.6 Å². The average molecular weight is 432 g/mol. The monoisotopic (exact) mass is 432 g/mol. The smallest absolute Gasteiger partial charge is 0.339 e. The maximum Gasteiger partial charge on any atom is 0.339 e. The fraction of sp³-hybridized carbons (Fsp3) is 0.240. The second kappa shape index (κ2) is 8.70. The topological polar surface area (TPSA) is 94.6 Å². The standard InChI is InChI=1S/C25H24N2O5/c1-14-20-9-8-19(30-4)13-22(20)32-25(29)21(14)10-11-23(28)27-18-7-5-6-17(12-18)24-26-15(2)16(3)31-24/h5-9,12-13H,10-11H2,1-4H3,(H,27,28). The molecule has 4 rings (SSSR count). The lowest BCUT2D eigenvalue weighted by Gasteiger charge is -2.09. The third-order valence-corrected chi connectivity index (χ3v) is 5.52. The summed E-state index contributed by atoms with van der Waals surface area (Å²) in [6, 6.07) is 12.7. The molecule has 7 nitrogen and oxygen atoms in total. The minimum atomic E-state index is -0.437. The molecule has 1 amide bonds. The SMILES string of the molecule is COc1ccc2c(C)c(CCC(=O)Nc3cccc(-c4nc(C)c(C)o4)c3)c(=O)oc2c1. The number of methoxy groups -OCH3 is 1. The van der Waals surface area contributed by atoms with E-state index >= 15 is 0 Å². The molecule has 0 unspecified atom stereocenters. The first-order chi connectivity index (χ1) is 15.4. The van der Waals surface area contributed by atoms with Gasteiger partial charge in [-0.15, -0.1) is 0 Å². The predicted molar refractivity (Wildman–Crippen MR) is 122 cm³/mol. The summed E-state index contributed by atoms with van der Waals surface area (Å²) in [5.74, 6) is 1.69. The molecule has 0 aliphatic carbocycles. The number of rotatable bonds is 6. The third-order valence-electron chi connectivity index (χ3n) is 5.52. The highest BCUT2D eigenvalue weighted by atomic mass is 16.5. The Kier molecular flexibility index (Phi) is 5.81. The average Bonchev–Trinajstić information content (AvgIpc) is 3.11. The van der Waals surface area contributed by atoms with Crippen LogP contribution in [0.15, 0.2) is 56.1 Å². The fourth-order valence-corrected chi connectivity index (χ4v) is 3.58. The van der Waals surface area contributed by atoms with Crippen LogP contribution in [0.25, 0.3) is 22.4 Å². The lowest BCUT2D eigenvalue weighted by atomic mass is 10.0. The van der Waals surface area contributed by atoms with Gasteiger partial charge < -0.3 is 18.9 Å². The van der Waals surface area contributed by atoms with Crippen LogP contribution in [-0.2, 0) is 11.2 Å². The number of carbonyl (C=O) groups is 1. The summed E-state index contributed by atoms with van der Waals surface area (Å²) in [6.45, 7) is 5.61. The Morgan fingerprint density at radius 1 is 1.09 bits per heavy atom. The van der Waals surface area contributed by atoms with Crippen molar-refractivity contribution in [1.29, 1.82) is 0 Å². The molecule has 1 N–H and O–H groups in total. The van der Waals surface area contributed by atoms with Crippen molar-refractivity contribution in [1.82, 2.24) is 4.98 Å². The lowest BCUT2D eigenvalue weighted by molar-refractivity contribution is -0.116. The minimum Gasteiger partial charge on any atom is -0.497 e. The molecule has 0 fully saturated rings. The highest BCUT2D eigenvalue weighted by Crippen LogP contribution is 2.26.